The molecule has 0 saturated heterocycles. The summed E-state index contributed by atoms with van der Waals surface area (Å²) in [6.45, 7) is 0. The van der Waals surface area contributed by atoms with Gasteiger partial charge in [0.25, 0.3) is 0 Å². The standard InChI is InChI=1S/C20H20O5/c21-17(22)11-13-20(14-12-18(23)24,16-9-5-2-6-10-16)19(25)15-7-3-1-4-8-15/h1-10H,11-14H2,(H,21,22)(H,23,24). The molecule has 2 rings (SSSR count). The lowest BCUT2D eigenvalue weighted by Crippen LogP contribution is -2.37. The van der Waals surface area contributed by atoms with E-state index in [0.29, 0.717) is 11.1 Å². The molecule has 5 heteroatoms. The van der Waals surface area contributed by atoms with Crippen LogP contribution in [0.4, 0.5) is 0 Å². The van der Waals surface area contributed by atoms with Crippen molar-refractivity contribution in [3.63, 3.8) is 0 Å². The zero-order valence-electron chi connectivity index (χ0n) is 13.7. The van der Waals surface area contributed by atoms with Crippen LogP contribution in [0, 0.1) is 0 Å². The maximum absolute atomic E-state index is 13.3. The molecular weight excluding hydrogens is 320 g/mol. The molecule has 0 aliphatic rings. The number of carbonyl (C=O) groups is 3. The second-order valence-electron chi connectivity index (χ2n) is 5.93. The van der Waals surface area contributed by atoms with Crippen LogP contribution in [0.1, 0.15) is 41.6 Å². The van der Waals surface area contributed by atoms with Crippen molar-refractivity contribution in [2.24, 2.45) is 0 Å². The molecule has 2 aromatic rings. The van der Waals surface area contributed by atoms with E-state index in [9.17, 15) is 14.4 Å². The number of rotatable bonds is 9. The highest BCUT2D eigenvalue weighted by Gasteiger charge is 2.40. The molecule has 0 fully saturated rings. The Morgan fingerprint density at radius 2 is 1.16 bits per heavy atom. The molecule has 0 unspecified atom stereocenters. The molecule has 0 atom stereocenters. The van der Waals surface area contributed by atoms with Gasteiger partial charge in [-0.05, 0) is 18.4 Å². The van der Waals surface area contributed by atoms with Crippen LogP contribution in [-0.4, -0.2) is 27.9 Å². The molecule has 0 aliphatic heterocycles. The zero-order valence-corrected chi connectivity index (χ0v) is 13.7. The van der Waals surface area contributed by atoms with Gasteiger partial charge in [-0.1, -0.05) is 60.7 Å². The fourth-order valence-corrected chi connectivity index (χ4v) is 3.04. The summed E-state index contributed by atoms with van der Waals surface area (Å²) in [5.41, 5.74) is -0.0900. The zero-order chi connectivity index (χ0) is 18.3. The van der Waals surface area contributed by atoms with Gasteiger partial charge in [0.15, 0.2) is 5.78 Å². The first-order valence-corrected chi connectivity index (χ1v) is 8.05. The van der Waals surface area contributed by atoms with Gasteiger partial charge in [-0.15, -0.1) is 0 Å². The highest BCUT2D eigenvalue weighted by molar-refractivity contribution is 6.04. The lowest BCUT2D eigenvalue weighted by atomic mass is 9.68. The molecule has 0 radical (unpaired) electrons. The van der Waals surface area contributed by atoms with E-state index in [1.165, 1.54) is 0 Å². The van der Waals surface area contributed by atoms with Crippen molar-refractivity contribution in [1.29, 1.82) is 0 Å². The summed E-state index contributed by atoms with van der Waals surface area (Å²) in [6, 6.07) is 17.4. The van der Waals surface area contributed by atoms with Gasteiger partial charge in [0, 0.05) is 18.4 Å². The van der Waals surface area contributed by atoms with Gasteiger partial charge in [-0.3, -0.25) is 14.4 Å². The molecule has 130 valence electrons. The largest absolute Gasteiger partial charge is 0.481 e. The number of benzene rings is 2. The normalized spacial score (nSPS) is 11.0. The summed E-state index contributed by atoms with van der Waals surface area (Å²) in [5.74, 6) is -2.28. The molecule has 0 saturated carbocycles. The summed E-state index contributed by atoms with van der Waals surface area (Å²) < 4.78 is 0. The molecule has 25 heavy (non-hydrogen) atoms. The van der Waals surface area contributed by atoms with Crippen LogP contribution in [0.15, 0.2) is 60.7 Å². The minimum Gasteiger partial charge on any atom is -0.481 e. The van der Waals surface area contributed by atoms with Gasteiger partial charge in [-0.25, -0.2) is 0 Å². The van der Waals surface area contributed by atoms with E-state index in [1.807, 2.05) is 0 Å². The van der Waals surface area contributed by atoms with Crippen molar-refractivity contribution in [3.05, 3.63) is 71.8 Å². The lowest BCUT2D eigenvalue weighted by molar-refractivity contribution is -0.137. The van der Waals surface area contributed by atoms with Gasteiger partial charge in [0.2, 0.25) is 0 Å². The summed E-state index contributed by atoms with van der Waals surface area (Å²) in [6.07, 6.45) is -0.332. The molecule has 0 aliphatic carbocycles. The van der Waals surface area contributed by atoms with Crippen molar-refractivity contribution in [2.45, 2.75) is 31.1 Å². The number of hydrogen-bond donors (Lipinski definition) is 2. The first-order chi connectivity index (χ1) is 12.0. The van der Waals surface area contributed by atoms with E-state index in [2.05, 4.69) is 0 Å². The third-order valence-corrected chi connectivity index (χ3v) is 4.33. The Kier molecular flexibility index (Phi) is 6.06. The van der Waals surface area contributed by atoms with E-state index < -0.39 is 17.4 Å². The Labute approximate surface area is 145 Å². The monoisotopic (exact) mass is 340 g/mol. The minimum absolute atomic E-state index is 0.0490. The Balaban J connectivity index is 2.54. The predicted octanol–water partition coefficient (Wildman–Crippen LogP) is 3.54. The molecule has 0 spiro atoms. The van der Waals surface area contributed by atoms with Crippen molar-refractivity contribution < 1.29 is 24.6 Å². The maximum atomic E-state index is 13.3. The first kappa shape index (κ1) is 18.4. The Hall–Kier alpha value is -2.95. The van der Waals surface area contributed by atoms with Crippen molar-refractivity contribution in [2.75, 3.05) is 0 Å². The van der Waals surface area contributed by atoms with Crippen LogP contribution in [0.2, 0.25) is 0 Å². The third kappa shape index (κ3) is 4.53. The van der Waals surface area contributed by atoms with Gasteiger partial charge < -0.3 is 10.2 Å². The SMILES string of the molecule is O=C(O)CCC(CCC(=O)O)(C(=O)c1ccccc1)c1ccccc1. The Morgan fingerprint density at radius 3 is 1.60 bits per heavy atom. The smallest absolute Gasteiger partial charge is 0.303 e. The first-order valence-electron chi connectivity index (χ1n) is 8.05. The van der Waals surface area contributed by atoms with Gasteiger partial charge >= 0.3 is 11.9 Å². The van der Waals surface area contributed by atoms with Crippen molar-refractivity contribution in [1.82, 2.24) is 0 Å². The molecule has 2 N–H and O–H groups in total. The fourth-order valence-electron chi connectivity index (χ4n) is 3.04. The second kappa shape index (κ2) is 8.24. The molecule has 5 nitrogen and oxygen atoms in total. The van der Waals surface area contributed by atoms with E-state index in [0.717, 1.165) is 0 Å². The average Bonchev–Trinajstić information content (AvgIpc) is 2.63. The Bertz CT molecular complexity index is 719. The summed E-state index contributed by atoms with van der Waals surface area (Å²) in [5, 5.41) is 18.3. The highest BCUT2D eigenvalue weighted by Crippen LogP contribution is 2.38. The number of Topliss-reactive ketones (excluding diaryl/α,β-unsaturated/α-hetero) is 1. The quantitative estimate of drug-likeness (QED) is 0.681. The number of carboxylic acids is 2. The van der Waals surface area contributed by atoms with Gasteiger partial charge in [0.1, 0.15) is 0 Å². The van der Waals surface area contributed by atoms with E-state index >= 15 is 0 Å². The van der Waals surface area contributed by atoms with E-state index in [-0.39, 0.29) is 31.5 Å². The van der Waals surface area contributed by atoms with Crippen LogP contribution >= 0.6 is 0 Å². The topological polar surface area (TPSA) is 91.7 Å². The number of carbonyl (C=O) groups excluding carboxylic acids is 1. The van der Waals surface area contributed by atoms with Crippen LogP contribution in [0.25, 0.3) is 0 Å². The van der Waals surface area contributed by atoms with Crippen LogP contribution in [0.5, 0.6) is 0 Å². The summed E-state index contributed by atoms with van der Waals surface area (Å²) in [7, 11) is 0. The van der Waals surface area contributed by atoms with Crippen molar-refractivity contribution >= 4 is 17.7 Å². The number of ketones is 1. The van der Waals surface area contributed by atoms with Crippen LogP contribution < -0.4 is 0 Å². The number of hydrogen-bond acceptors (Lipinski definition) is 3. The predicted molar refractivity (Wildman–Crippen MR) is 92.6 cm³/mol. The molecule has 0 amide bonds. The Morgan fingerprint density at radius 1 is 0.720 bits per heavy atom. The van der Waals surface area contributed by atoms with Gasteiger partial charge in [-0.2, -0.15) is 0 Å². The maximum Gasteiger partial charge on any atom is 0.303 e. The molecule has 0 bridgehead atoms. The molecule has 0 aromatic heterocycles. The highest BCUT2D eigenvalue weighted by atomic mass is 16.4. The third-order valence-electron chi connectivity index (χ3n) is 4.33. The fraction of sp³-hybridized carbons (Fsp3) is 0.250. The number of aliphatic carboxylic acids is 2. The lowest BCUT2D eigenvalue weighted by Gasteiger charge is -2.32. The van der Waals surface area contributed by atoms with Crippen molar-refractivity contribution in [3.8, 4) is 0 Å². The summed E-state index contributed by atoms with van der Waals surface area (Å²) in [4.78, 5) is 35.6. The molecular formula is C20H20O5. The van der Waals surface area contributed by atoms with Crippen LogP contribution in [-0.2, 0) is 15.0 Å². The molecule has 2 aromatic carbocycles. The van der Waals surface area contributed by atoms with Gasteiger partial charge in [0.05, 0.1) is 5.41 Å². The van der Waals surface area contributed by atoms with E-state index in [4.69, 9.17) is 10.2 Å². The molecule has 0 heterocycles. The second-order valence-corrected chi connectivity index (χ2v) is 5.93. The minimum atomic E-state index is -1.18. The average molecular weight is 340 g/mol. The summed E-state index contributed by atoms with van der Waals surface area (Å²) >= 11 is 0. The number of carboxylic acid groups (broad SMARTS) is 2. The van der Waals surface area contributed by atoms with E-state index in [1.54, 1.807) is 60.7 Å². The van der Waals surface area contributed by atoms with Crippen LogP contribution in [0.3, 0.4) is 0 Å².